The molecule has 1 aliphatic rings. The number of amides is 1. The molecule has 0 radical (unpaired) electrons. The van der Waals surface area contributed by atoms with E-state index in [0.29, 0.717) is 29.8 Å². The number of ether oxygens (including phenoxy) is 2. The quantitative estimate of drug-likeness (QED) is 0.453. The first kappa shape index (κ1) is 23.2. The first-order chi connectivity index (χ1) is 16.2. The van der Waals surface area contributed by atoms with Gasteiger partial charge in [0.1, 0.15) is 11.5 Å². The standard InChI is InChI=1S/C25H30N4O3S/c1-31-21-13-19(14-22(15-21)32-2)24-27-28-25(29(24)20-11-7-4-8-12-20)33-17-23(30)26-16-18-9-5-3-6-10-18/h3,5-6,9-10,13-15,20H,4,7-8,11-12,16-17H2,1-2H3,(H,26,30). The second-order valence-corrected chi connectivity index (χ2v) is 9.06. The molecule has 0 spiro atoms. The van der Waals surface area contributed by atoms with Crippen molar-refractivity contribution in [3.63, 3.8) is 0 Å². The van der Waals surface area contributed by atoms with Crippen LogP contribution in [0.15, 0.2) is 53.7 Å². The van der Waals surface area contributed by atoms with Crippen molar-refractivity contribution in [3.8, 4) is 22.9 Å². The molecule has 8 heteroatoms. The minimum Gasteiger partial charge on any atom is -0.497 e. The molecule has 1 amide bonds. The summed E-state index contributed by atoms with van der Waals surface area (Å²) in [5.74, 6) is 2.46. The molecule has 0 atom stereocenters. The monoisotopic (exact) mass is 466 g/mol. The zero-order chi connectivity index (χ0) is 23.0. The van der Waals surface area contributed by atoms with Crippen LogP contribution in [0.2, 0.25) is 0 Å². The maximum Gasteiger partial charge on any atom is 0.230 e. The summed E-state index contributed by atoms with van der Waals surface area (Å²) in [6, 6.07) is 16.0. The van der Waals surface area contributed by atoms with Gasteiger partial charge in [-0.25, -0.2) is 0 Å². The van der Waals surface area contributed by atoms with Gasteiger partial charge in [0, 0.05) is 24.2 Å². The summed E-state index contributed by atoms with van der Waals surface area (Å²) in [6.45, 7) is 0.518. The number of rotatable bonds is 9. The molecule has 1 aliphatic carbocycles. The molecule has 1 saturated carbocycles. The summed E-state index contributed by atoms with van der Waals surface area (Å²) in [5, 5.41) is 12.8. The van der Waals surface area contributed by atoms with Gasteiger partial charge in [-0.05, 0) is 30.5 Å². The van der Waals surface area contributed by atoms with E-state index in [4.69, 9.17) is 9.47 Å². The van der Waals surface area contributed by atoms with Gasteiger partial charge in [-0.3, -0.25) is 9.36 Å². The topological polar surface area (TPSA) is 78.3 Å². The number of carbonyl (C=O) groups excluding carboxylic acids is 1. The van der Waals surface area contributed by atoms with Gasteiger partial charge in [-0.1, -0.05) is 61.4 Å². The van der Waals surface area contributed by atoms with Crippen LogP contribution in [-0.2, 0) is 11.3 Å². The minimum atomic E-state index is -0.0216. The smallest absolute Gasteiger partial charge is 0.230 e. The second-order valence-electron chi connectivity index (χ2n) is 8.12. The Morgan fingerprint density at radius 3 is 2.39 bits per heavy atom. The Morgan fingerprint density at radius 2 is 1.73 bits per heavy atom. The normalized spacial score (nSPS) is 14.1. The molecule has 1 N–H and O–H groups in total. The van der Waals surface area contributed by atoms with E-state index in [1.165, 1.54) is 31.0 Å². The molecule has 0 bridgehead atoms. The fourth-order valence-corrected chi connectivity index (χ4v) is 4.99. The fourth-order valence-electron chi connectivity index (χ4n) is 4.15. The van der Waals surface area contributed by atoms with Crippen LogP contribution in [0.25, 0.3) is 11.4 Å². The van der Waals surface area contributed by atoms with Gasteiger partial charge in [-0.2, -0.15) is 0 Å². The minimum absolute atomic E-state index is 0.0216. The highest BCUT2D eigenvalue weighted by Gasteiger charge is 2.25. The van der Waals surface area contributed by atoms with Crippen LogP contribution < -0.4 is 14.8 Å². The second kappa shape index (κ2) is 11.2. The van der Waals surface area contributed by atoms with Crippen molar-refractivity contribution in [3.05, 3.63) is 54.1 Å². The summed E-state index contributed by atoms with van der Waals surface area (Å²) in [6.07, 6.45) is 5.79. The summed E-state index contributed by atoms with van der Waals surface area (Å²) in [5.41, 5.74) is 1.97. The molecule has 3 aromatic rings. The Bertz CT molecular complexity index is 1040. The van der Waals surface area contributed by atoms with Crippen LogP contribution in [0.4, 0.5) is 0 Å². The van der Waals surface area contributed by atoms with Gasteiger partial charge < -0.3 is 14.8 Å². The maximum absolute atomic E-state index is 12.5. The summed E-state index contributed by atoms with van der Waals surface area (Å²) in [7, 11) is 3.28. The molecule has 1 heterocycles. The van der Waals surface area contributed by atoms with Crippen molar-refractivity contribution >= 4 is 17.7 Å². The highest BCUT2D eigenvalue weighted by atomic mass is 32.2. The van der Waals surface area contributed by atoms with Crippen LogP contribution in [0.3, 0.4) is 0 Å². The molecule has 7 nitrogen and oxygen atoms in total. The predicted molar refractivity (Wildman–Crippen MR) is 130 cm³/mol. The Morgan fingerprint density at radius 1 is 1.03 bits per heavy atom. The number of carbonyl (C=O) groups is 1. The van der Waals surface area contributed by atoms with E-state index < -0.39 is 0 Å². The number of nitrogens with one attached hydrogen (secondary N) is 1. The van der Waals surface area contributed by atoms with Crippen LogP contribution in [0, 0.1) is 0 Å². The molecule has 0 saturated heterocycles. The van der Waals surface area contributed by atoms with Crippen molar-refractivity contribution in [1.29, 1.82) is 0 Å². The highest BCUT2D eigenvalue weighted by molar-refractivity contribution is 7.99. The molecule has 4 rings (SSSR count). The number of hydrogen-bond acceptors (Lipinski definition) is 6. The average Bonchev–Trinajstić information content (AvgIpc) is 3.31. The molecule has 33 heavy (non-hydrogen) atoms. The molecule has 1 aromatic heterocycles. The Labute approximate surface area is 198 Å². The Hall–Kier alpha value is -3.00. The lowest BCUT2D eigenvalue weighted by atomic mass is 9.95. The third-order valence-corrected chi connectivity index (χ3v) is 6.82. The van der Waals surface area contributed by atoms with E-state index >= 15 is 0 Å². The molecule has 0 unspecified atom stereocenters. The van der Waals surface area contributed by atoms with E-state index in [2.05, 4.69) is 20.1 Å². The SMILES string of the molecule is COc1cc(OC)cc(-c2nnc(SCC(=O)NCc3ccccc3)n2C2CCCCC2)c1. The zero-order valence-corrected chi connectivity index (χ0v) is 19.9. The van der Waals surface area contributed by atoms with Crippen LogP contribution in [0.1, 0.15) is 43.7 Å². The molecule has 174 valence electrons. The van der Waals surface area contributed by atoms with Gasteiger partial charge in [0.25, 0.3) is 0 Å². The van der Waals surface area contributed by atoms with Gasteiger partial charge in [0.05, 0.1) is 20.0 Å². The van der Waals surface area contributed by atoms with E-state index in [-0.39, 0.29) is 5.91 Å². The number of hydrogen-bond donors (Lipinski definition) is 1. The molecule has 2 aromatic carbocycles. The molecule has 0 aliphatic heterocycles. The van der Waals surface area contributed by atoms with E-state index in [1.807, 2.05) is 48.5 Å². The largest absolute Gasteiger partial charge is 0.497 e. The lowest BCUT2D eigenvalue weighted by Crippen LogP contribution is -2.25. The summed E-state index contributed by atoms with van der Waals surface area (Å²) < 4.78 is 13.1. The highest BCUT2D eigenvalue weighted by Crippen LogP contribution is 2.37. The Kier molecular flexibility index (Phi) is 7.88. The lowest BCUT2D eigenvalue weighted by Gasteiger charge is -2.25. The summed E-state index contributed by atoms with van der Waals surface area (Å²) >= 11 is 1.43. The third kappa shape index (κ3) is 5.87. The molecular formula is C25H30N4O3S. The first-order valence-electron chi connectivity index (χ1n) is 11.3. The van der Waals surface area contributed by atoms with Crippen LogP contribution >= 0.6 is 11.8 Å². The molecule has 1 fully saturated rings. The fraction of sp³-hybridized carbons (Fsp3) is 0.400. The Balaban J connectivity index is 1.54. The number of nitrogens with zero attached hydrogens (tertiary/aromatic N) is 3. The van der Waals surface area contributed by atoms with Crippen molar-refractivity contribution in [1.82, 2.24) is 20.1 Å². The number of benzene rings is 2. The maximum atomic E-state index is 12.5. The lowest BCUT2D eigenvalue weighted by molar-refractivity contribution is -0.118. The van der Waals surface area contributed by atoms with E-state index in [0.717, 1.165) is 34.9 Å². The van der Waals surface area contributed by atoms with Crippen LogP contribution in [0.5, 0.6) is 11.5 Å². The molecular weight excluding hydrogens is 436 g/mol. The van der Waals surface area contributed by atoms with Crippen LogP contribution in [-0.4, -0.2) is 40.6 Å². The van der Waals surface area contributed by atoms with Crippen molar-refractivity contribution in [2.75, 3.05) is 20.0 Å². The third-order valence-electron chi connectivity index (χ3n) is 5.88. The van der Waals surface area contributed by atoms with E-state index in [1.54, 1.807) is 14.2 Å². The van der Waals surface area contributed by atoms with Gasteiger partial charge in [0.2, 0.25) is 5.91 Å². The van der Waals surface area contributed by atoms with Crippen molar-refractivity contribution in [2.24, 2.45) is 0 Å². The van der Waals surface area contributed by atoms with Crippen molar-refractivity contribution < 1.29 is 14.3 Å². The van der Waals surface area contributed by atoms with Gasteiger partial charge in [-0.15, -0.1) is 10.2 Å². The number of thioether (sulfide) groups is 1. The first-order valence-corrected chi connectivity index (χ1v) is 12.3. The van der Waals surface area contributed by atoms with Gasteiger partial charge >= 0.3 is 0 Å². The van der Waals surface area contributed by atoms with Crippen molar-refractivity contribution in [2.45, 2.75) is 49.8 Å². The average molecular weight is 467 g/mol. The summed E-state index contributed by atoms with van der Waals surface area (Å²) in [4.78, 5) is 12.5. The zero-order valence-electron chi connectivity index (χ0n) is 19.1. The van der Waals surface area contributed by atoms with E-state index in [9.17, 15) is 4.79 Å². The number of aromatic nitrogens is 3. The van der Waals surface area contributed by atoms with Gasteiger partial charge in [0.15, 0.2) is 11.0 Å². The predicted octanol–water partition coefficient (Wildman–Crippen LogP) is 4.88. The number of methoxy groups -OCH3 is 2.